The molecule has 1 unspecified atom stereocenters. The lowest BCUT2D eigenvalue weighted by atomic mass is 9.98. The van der Waals surface area contributed by atoms with E-state index in [0.29, 0.717) is 21.3 Å². The lowest BCUT2D eigenvalue weighted by Crippen LogP contribution is -1.97. The maximum Gasteiger partial charge on any atom is 0.157 e. The van der Waals surface area contributed by atoms with Crippen molar-refractivity contribution in [1.82, 2.24) is 4.98 Å². The van der Waals surface area contributed by atoms with Crippen LogP contribution in [0, 0.1) is 5.82 Å². The van der Waals surface area contributed by atoms with Gasteiger partial charge in [0.2, 0.25) is 0 Å². The van der Waals surface area contributed by atoms with E-state index in [9.17, 15) is 8.60 Å². The number of nitrogens with zero attached hydrogens (tertiary/aromatic N) is 1. The number of rotatable bonds is 4. The molecule has 3 nitrogen and oxygen atoms in total. The SMILES string of the molecule is O=S(O)Cc1ccc(-c2ncccc2-c2cc(Cl)cc(Cl)c2)cc1F. The standard InChI is InChI=1S/C18H12Cl2FNO2S/c19-14-6-13(7-15(20)9-14)16-2-1-5-22-18(16)11-3-4-12(10-25(23)24)17(21)8-11/h1-9H,10H2,(H,23,24). The number of halogens is 3. The molecule has 128 valence electrons. The van der Waals surface area contributed by atoms with Crippen LogP contribution >= 0.6 is 23.2 Å². The Kier molecular flexibility index (Phi) is 5.49. The average molecular weight is 396 g/mol. The fourth-order valence-corrected chi connectivity index (χ4v) is 3.55. The van der Waals surface area contributed by atoms with Crippen molar-refractivity contribution in [3.05, 3.63) is 76.2 Å². The lowest BCUT2D eigenvalue weighted by molar-refractivity contribution is 0.559. The summed E-state index contributed by atoms with van der Waals surface area (Å²) in [6.45, 7) is 0. The van der Waals surface area contributed by atoms with E-state index in [4.69, 9.17) is 27.8 Å². The highest BCUT2D eigenvalue weighted by molar-refractivity contribution is 7.78. The Morgan fingerprint density at radius 2 is 1.76 bits per heavy atom. The van der Waals surface area contributed by atoms with E-state index in [2.05, 4.69) is 4.98 Å². The van der Waals surface area contributed by atoms with Gasteiger partial charge in [0.15, 0.2) is 11.1 Å². The molecule has 1 N–H and O–H groups in total. The molecule has 0 bridgehead atoms. The normalized spacial score (nSPS) is 12.2. The summed E-state index contributed by atoms with van der Waals surface area (Å²) in [5.41, 5.74) is 2.81. The first-order valence-electron chi connectivity index (χ1n) is 7.22. The van der Waals surface area contributed by atoms with Crippen LogP contribution in [0.1, 0.15) is 5.56 Å². The molecule has 0 fully saturated rings. The van der Waals surface area contributed by atoms with Crippen molar-refractivity contribution in [2.45, 2.75) is 5.75 Å². The molecule has 1 atom stereocenters. The van der Waals surface area contributed by atoms with Crippen LogP contribution in [0.15, 0.2) is 54.7 Å². The Bertz CT molecular complexity index is 945. The van der Waals surface area contributed by atoms with E-state index >= 15 is 0 Å². The molecule has 1 heterocycles. The monoisotopic (exact) mass is 395 g/mol. The third-order valence-corrected chi connectivity index (χ3v) is 4.58. The molecular formula is C18H12Cl2FNO2S. The highest BCUT2D eigenvalue weighted by Crippen LogP contribution is 2.34. The van der Waals surface area contributed by atoms with Crippen molar-refractivity contribution in [2.75, 3.05) is 0 Å². The number of hydrogen-bond donors (Lipinski definition) is 1. The van der Waals surface area contributed by atoms with Gasteiger partial charge < -0.3 is 4.55 Å². The molecule has 0 saturated heterocycles. The van der Waals surface area contributed by atoms with Crippen LogP contribution in [0.2, 0.25) is 10.0 Å². The van der Waals surface area contributed by atoms with Crippen molar-refractivity contribution in [1.29, 1.82) is 0 Å². The third-order valence-electron chi connectivity index (χ3n) is 3.59. The summed E-state index contributed by atoms with van der Waals surface area (Å²) in [6, 6.07) is 13.2. The Labute approximate surface area is 156 Å². The maximum absolute atomic E-state index is 14.2. The van der Waals surface area contributed by atoms with Crippen LogP contribution < -0.4 is 0 Å². The number of hydrogen-bond acceptors (Lipinski definition) is 2. The highest BCUT2D eigenvalue weighted by Gasteiger charge is 2.13. The molecule has 1 aromatic heterocycles. The van der Waals surface area contributed by atoms with Crippen LogP contribution in [-0.2, 0) is 16.8 Å². The van der Waals surface area contributed by atoms with Crippen LogP contribution in [-0.4, -0.2) is 13.7 Å². The Hall–Kier alpha value is -1.79. The van der Waals surface area contributed by atoms with Crippen LogP contribution in [0.25, 0.3) is 22.4 Å². The minimum absolute atomic E-state index is 0.174. The molecule has 25 heavy (non-hydrogen) atoms. The summed E-state index contributed by atoms with van der Waals surface area (Å²) in [5.74, 6) is -0.814. The van der Waals surface area contributed by atoms with Gasteiger partial charge in [0.05, 0.1) is 11.4 Å². The van der Waals surface area contributed by atoms with Gasteiger partial charge in [0, 0.05) is 32.9 Å². The highest BCUT2D eigenvalue weighted by atomic mass is 35.5. The fourth-order valence-electron chi connectivity index (χ4n) is 2.52. The van der Waals surface area contributed by atoms with Gasteiger partial charge in [-0.05, 0) is 35.9 Å². The number of pyridine rings is 1. The summed E-state index contributed by atoms with van der Waals surface area (Å²) in [4.78, 5) is 4.35. The van der Waals surface area contributed by atoms with E-state index in [1.165, 1.54) is 12.1 Å². The van der Waals surface area contributed by atoms with E-state index in [-0.39, 0.29) is 11.3 Å². The minimum atomic E-state index is -2.10. The summed E-state index contributed by atoms with van der Waals surface area (Å²) < 4.78 is 34.1. The number of benzene rings is 2. The third kappa shape index (κ3) is 4.25. The predicted molar refractivity (Wildman–Crippen MR) is 99.6 cm³/mol. The van der Waals surface area contributed by atoms with Crippen LogP contribution in [0.3, 0.4) is 0 Å². The molecule has 0 aliphatic carbocycles. The molecule has 0 spiro atoms. The Balaban J connectivity index is 2.10. The first-order valence-corrected chi connectivity index (χ1v) is 9.25. The summed E-state index contributed by atoms with van der Waals surface area (Å²) in [7, 11) is 0. The predicted octanol–water partition coefficient (Wildman–Crippen LogP) is 5.58. The zero-order chi connectivity index (χ0) is 18.0. The van der Waals surface area contributed by atoms with Gasteiger partial charge in [-0.1, -0.05) is 41.4 Å². The van der Waals surface area contributed by atoms with Gasteiger partial charge in [0.25, 0.3) is 0 Å². The molecule has 0 aliphatic rings. The Morgan fingerprint density at radius 3 is 2.40 bits per heavy atom. The number of aromatic nitrogens is 1. The van der Waals surface area contributed by atoms with Gasteiger partial charge >= 0.3 is 0 Å². The van der Waals surface area contributed by atoms with Crippen molar-refractivity contribution >= 4 is 34.3 Å². The molecule has 7 heteroatoms. The smallest absolute Gasteiger partial charge is 0.157 e. The van der Waals surface area contributed by atoms with Gasteiger partial charge in [-0.25, -0.2) is 8.60 Å². The van der Waals surface area contributed by atoms with Gasteiger partial charge in [-0.3, -0.25) is 4.98 Å². The van der Waals surface area contributed by atoms with E-state index in [1.807, 2.05) is 6.07 Å². The second-order valence-electron chi connectivity index (χ2n) is 5.33. The molecule has 0 amide bonds. The first kappa shape index (κ1) is 18.0. The van der Waals surface area contributed by atoms with E-state index in [1.54, 1.807) is 36.5 Å². The molecule has 2 aromatic carbocycles. The topological polar surface area (TPSA) is 50.2 Å². The van der Waals surface area contributed by atoms with E-state index in [0.717, 1.165) is 11.1 Å². The zero-order valence-corrected chi connectivity index (χ0v) is 15.1. The molecule has 3 aromatic rings. The molecule has 0 radical (unpaired) electrons. The summed E-state index contributed by atoms with van der Waals surface area (Å²) >= 11 is 10.0. The maximum atomic E-state index is 14.2. The van der Waals surface area contributed by atoms with Crippen molar-refractivity contribution in [2.24, 2.45) is 0 Å². The quantitative estimate of drug-likeness (QED) is 0.586. The fraction of sp³-hybridized carbons (Fsp3) is 0.0556. The van der Waals surface area contributed by atoms with E-state index < -0.39 is 16.9 Å². The second kappa shape index (κ2) is 7.62. The first-order chi connectivity index (χ1) is 11.9. The molecule has 0 aliphatic heterocycles. The minimum Gasteiger partial charge on any atom is -0.306 e. The Morgan fingerprint density at radius 1 is 1.04 bits per heavy atom. The molecular weight excluding hydrogens is 384 g/mol. The van der Waals surface area contributed by atoms with Crippen molar-refractivity contribution < 1.29 is 13.2 Å². The van der Waals surface area contributed by atoms with Crippen LogP contribution in [0.5, 0.6) is 0 Å². The second-order valence-corrected chi connectivity index (χ2v) is 7.13. The summed E-state index contributed by atoms with van der Waals surface area (Å²) in [6.07, 6.45) is 1.61. The summed E-state index contributed by atoms with van der Waals surface area (Å²) in [5, 5.41) is 0.980. The van der Waals surface area contributed by atoms with Gasteiger partial charge in [0.1, 0.15) is 5.82 Å². The molecule has 3 rings (SSSR count). The van der Waals surface area contributed by atoms with Crippen LogP contribution in [0.4, 0.5) is 4.39 Å². The van der Waals surface area contributed by atoms with Crippen molar-refractivity contribution in [3.8, 4) is 22.4 Å². The average Bonchev–Trinajstić information content (AvgIpc) is 2.55. The lowest BCUT2D eigenvalue weighted by Gasteiger charge is -2.11. The van der Waals surface area contributed by atoms with Crippen molar-refractivity contribution in [3.63, 3.8) is 0 Å². The molecule has 0 saturated carbocycles. The zero-order valence-electron chi connectivity index (χ0n) is 12.7. The largest absolute Gasteiger partial charge is 0.306 e. The van der Waals surface area contributed by atoms with Gasteiger partial charge in [-0.15, -0.1) is 0 Å². The van der Waals surface area contributed by atoms with Gasteiger partial charge in [-0.2, -0.15) is 0 Å².